The highest BCUT2D eigenvalue weighted by molar-refractivity contribution is 6.05. The number of nitrogens with two attached hydrogens (primary N) is 1. The van der Waals surface area contributed by atoms with E-state index < -0.39 is 5.97 Å². The molecule has 9 nitrogen and oxygen atoms in total. The highest BCUT2D eigenvalue weighted by Crippen LogP contribution is 2.42. The zero-order chi connectivity index (χ0) is 20.1. The van der Waals surface area contributed by atoms with Crippen LogP contribution in [0.25, 0.3) is 11.4 Å². The van der Waals surface area contributed by atoms with Gasteiger partial charge in [-0.15, -0.1) is 0 Å². The van der Waals surface area contributed by atoms with Crippen LogP contribution in [0.15, 0.2) is 30.5 Å². The smallest absolute Gasteiger partial charge is 0.335 e. The monoisotopic (exact) mass is 378 g/mol. The fourth-order valence-electron chi connectivity index (χ4n) is 3.55. The Kier molecular flexibility index (Phi) is 3.88. The number of aromatic carboxylic acids is 1. The van der Waals surface area contributed by atoms with Crippen molar-refractivity contribution in [1.82, 2.24) is 20.2 Å². The number of carboxylic acids is 1. The first-order valence-electron chi connectivity index (χ1n) is 8.61. The molecule has 1 amide bonds. The van der Waals surface area contributed by atoms with Gasteiger partial charge < -0.3 is 16.2 Å². The van der Waals surface area contributed by atoms with Crippen molar-refractivity contribution in [2.24, 2.45) is 0 Å². The number of carboxylic acid groups (broad SMARTS) is 1. The van der Waals surface area contributed by atoms with Crippen LogP contribution in [0, 0.1) is 0 Å². The van der Waals surface area contributed by atoms with Gasteiger partial charge >= 0.3 is 5.97 Å². The van der Waals surface area contributed by atoms with Crippen LogP contribution in [0.5, 0.6) is 0 Å². The van der Waals surface area contributed by atoms with Gasteiger partial charge in [0.1, 0.15) is 11.4 Å². The largest absolute Gasteiger partial charge is 0.478 e. The number of nitrogens with zero attached hydrogens (tertiary/aromatic N) is 3. The molecule has 4 rings (SSSR count). The van der Waals surface area contributed by atoms with Gasteiger partial charge in [0.2, 0.25) is 5.95 Å². The number of rotatable bonds is 3. The fraction of sp³-hybridized carbons (Fsp3) is 0.211. The number of H-pyrrole nitrogens is 1. The van der Waals surface area contributed by atoms with E-state index in [2.05, 4.69) is 25.5 Å². The van der Waals surface area contributed by atoms with Gasteiger partial charge in [0.05, 0.1) is 11.3 Å². The Hall–Kier alpha value is -3.75. The van der Waals surface area contributed by atoms with Crippen LogP contribution in [0.2, 0.25) is 0 Å². The first-order valence-corrected chi connectivity index (χ1v) is 8.61. The molecule has 28 heavy (non-hydrogen) atoms. The van der Waals surface area contributed by atoms with Gasteiger partial charge in [-0.2, -0.15) is 5.10 Å². The Morgan fingerprint density at radius 2 is 1.93 bits per heavy atom. The highest BCUT2D eigenvalue weighted by Gasteiger charge is 2.38. The molecule has 9 heteroatoms. The predicted molar refractivity (Wildman–Crippen MR) is 102 cm³/mol. The van der Waals surface area contributed by atoms with E-state index in [0.717, 1.165) is 11.1 Å². The lowest BCUT2D eigenvalue weighted by Gasteiger charge is -2.30. The maximum absolute atomic E-state index is 12.9. The zero-order valence-corrected chi connectivity index (χ0v) is 15.3. The summed E-state index contributed by atoms with van der Waals surface area (Å²) >= 11 is 0. The number of fused-ring (bicyclic) bond motifs is 3. The Morgan fingerprint density at radius 3 is 2.61 bits per heavy atom. The molecular weight excluding hydrogens is 360 g/mol. The van der Waals surface area contributed by atoms with Crippen molar-refractivity contribution >= 4 is 23.5 Å². The normalized spacial score (nSPS) is 14.1. The lowest BCUT2D eigenvalue weighted by atomic mass is 9.73. The minimum Gasteiger partial charge on any atom is -0.478 e. The summed E-state index contributed by atoms with van der Waals surface area (Å²) in [5.41, 5.74) is 9.23. The van der Waals surface area contributed by atoms with Crippen LogP contribution >= 0.6 is 0 Å². The van der Waals surface area contributed by atoms with Crippen molar-refractivity contribution in [3.63, 3.8) is 0 Å². The highest BCUT2D eigenvalue weighted by atomic mass is 16.4. The van der Waals surface area contributed by atoms with Gasteiger partial charge in [-0.05, 0) is 41.7 Å². The zero-order valence-electron chi connectivity index (χ0n) is 15.3. The minimum atomic E-state index is -1.03. The van der Waals surface area contributed by atoms with Crippen molar-refractivity contribution in [1.29, 1.82) is 0 Å². The molecule has 1 aliphatic carbocycles. The molecule has 0 fully saturated rings. The lowest BCUT2D eigenvalue weighted by Crippen LogP contribution is -2.29. The molecule has 0 saturated carbocycles. The Bertz CT molecular complexity index is 1100. The maximum atomic E-state index is 12.9. The van der Waals surface area contributed by atoms with Crippen LogP contribution in [0.3, 0.4) is 0 Å². The number of hydrogen-bond donors (Lipinski definition) is 4. The van der Waals surface area contributed by atoms with Gasteiger partial charge in [0.25, 0.3) is 5.91 Å². The Balaban J connectivity index is 1.70. The molecule has 0 saturated heterocycles. The van der Waals surface area contributed by atoms with E-state index >= 15 is 0 Å². The molecule has 0 spiro atoms. The Labute approximate surface area is 160 Å². The summed E-state index contributed by atoms with van der Waals surface area (Å²) in [4.78, 5) is 32.2. The van der Waals surface area contributed by atoms with Crippen molar-refractivity contribution < 1.29 is 14.7 Å². The second kappa shape index (κ2) is 6.15. The molecule has 1 aromatic carbocycles. The molecule has 1 aliphatic rings. The summed E-state index contributed by atoms with van der Waals surface area (Å²) < 4.78 is 0. The summed E-state index contributed by atoms with van der Waals surface area (Å²) in [5, 5.41) is 18.9. The first-order chi connectivity index (χ1) is 13.3. The molecule has 0 unspecified atom stereocenters. The van der Waals surface area contributed by atoms with E-state index in [-0.39, 0.29) is 22.8 Å². The second-order valence-electron chi connectivity index (χ2n) is 7.32. The van der Waals surface area contributed by atoms with Gasteiger partial charge in [-0.25, -0.2) is 14.8 Å². The fourth-order valence-corrected chi connectivity index (χ4v) is 3.55. The van der Waals surface area contributed by atoms with E-state index in [0.29, 0.717) is 29.2 Å². The number of benzene rings is 1. The summed E-state index contributed by atoms with van der Waals surface area (Å²) in [6.45, 7) is 4.05. The molecule has 2 aromatic heterocycles. The molecular formula is C19H18N6O3. The first kappa shape index (κ1) is 17.7. The van der Waals surface area contributed by atoms with Crippen LogP contribution < -0.4 is 11.1 Å². The number of aromatic nitrogens is 4. The van der Waals surface area contributed by atoms with Crippen molar-refractivity contribution in [3.05, 3.63) is 52.8 Å². The van der Waals surface area contributed by atoms with Gasteiger partial charge in [0.15, 0.2) is 0 Å². The number of nitrogens with one attached hydrogen (secondary N) is 2. The van der Waals surface area contributed by atoms with E-state index in [9.17, 15) is 9.59 Å². The van der Waals surface area contributed by atoms with Gasteiger partial charge in [-0.3, -0.25) is 9.89 Å². The van der Waals surface area contributed by atoms with E-state index in [4.69, 9.17) is 10.8 Å². The van der Waals surface area contributed by atoms with E-state index in [1.54, 1.807) is 18.3 Å². The number of hydrogen-bond acceptors (Lipinski definition) is 6. The van der Waals surface area contributed by atoms with Crippen LogP contribution in [0.1, 0.15) is 45.8 Å². The van der Waals surface area contributed by atoms with Crippen molar-refractivity contribution in [2.75, 3.05) is 11.1 Å². The summed E-state index contributed by atoms with van der Waals surface area (Å²) in [6, 6.07) is 5.94. The maximum Gasteiger partial charge on any atom is 0.335 e. The van der Waals surface area contributed by atoms with Crippen molar-refractivity contribution in [2.45, 2.75) is 25.7 Å². The minimum absolute atomic E-state index is 0.145. The molecule has 0 bridgehead atoms. The van der Waals surface area contributed by atoms with Gasteiger partial charge in [0, 0.05) is 17.4 Å². The summed E-state index contributed by atoms with van der Waals surface area (Å²) in [5.74, 6) is -1.24. The van der Waals surface area contributed by atoms with Crippen LogP contribution in [-0.4, -0.2) is 37.1 Å². The summed E-state index contributed by atoms with van der Waals surface area (Å²) in [7, 11) is 0. The van der Waals surface area contributed by atoms with Crippen LogP contribution in [-0.2, 0) is 11.8 Å². The van der Waals surface area contributed by atoms with Crippen LogP contribution in [0.4, 0.5) is 11.6 Å². The molecule has 0 radical (unpaired) electrons. The molecule has 5 N–H and O–H groups in total. The van der Waals surface area contributed by atoms with E-state index in [1.165, 1.54) is 12.1 Å². The topological polar surface area (TPSA) is 147 Å². The average molecular weight is 378 g/mol. The average Bonchev–Trinajstić information content (AvgIpc) is 3.09. The second-order valence-corrected chi connectivity index (χ2v) is 7.32. The molecule has 142 valence electrons. The number of carbonyl (C=O) groups excluding carboxylic acids is 1. The molecule has 2 heterocycles. The van der Waals surface area contributed by atoms with Crippen molar-refractivity contribution in [3.8, 4) is 11.4 Å². The molecule has 0 aliphatic heterocycles. The molecule has 3 aromatic rings. The standard InChI is InChI=1S/C19H18N6O3/c1-19(2)7-10-8-21-18(20)23-13(10)14-12(19)15(25-24-14)16(26)22-11-5-3-9(4-6-11)17(27)28/h3-6,8H,7H2,1-2H3,(H,22,26)(H,24,25)(H,27,28)(H2,20,21,23). The predicted octanol–water partition coefficient (Wildman–Crippen LogP) is 2.23. The summed E-state index contributed by atoms with van der Waals surface area (Å²) in [6.07, 6.45) is 2.34. The SMILES string of the molecule is CC1(C)Cc2cnc(N)nc2-c2n[nH]c(C(=O)Nc3ccc(C(=O)O)cc3)c21. The number of aromatic amines is 1. The third-order valence-electron chi connectivity index (χ3n) is 4.80. The lowest BCUT2D eigenvalue weighted by molar-refractivity contribution is 0.0696. The quantitative estimate of drug-likeness (QED) is 0.546. The third kappa shape index (κ3) is 2.86. The Morgan fingerprint density at radius 1 is 1.21 bits per heavy atom. The van der Waals surface area contributed by atoms with E-state index in [1.807, 2.05) is 13.8 Å². The number of anilines is 2. The number of amides is 1. The molecule has 0 atom stereocenters. The third-order valence-corrected chi connectivity index (χ3v) is 4.80. The number of carbonyl (C=O) groups is 2. The number of nitrogen functional groups attached to an aromatic ring is 1. The van der Waals surface area contributed by atoms with Gasteiger partial charge in [-0.1, -0.05) is 13.8 Å².